The Bertz CT molecular complexity index is 720. The van der Waals surface area contributed by atoms with Crippen molar-refractivity contribution in [2.45, 2.75) is 44.8 Å². The zero-order valence-electron chi connectivity index (χ0n) is 14.6. The van der Waals surface area contributed by atoms with Gasteiger partial charge in [0.25, 0.3) is 0 Å². The van der Waals surface area contributed by atoms with Crippen molar-refractivity contribution in [3.05, 3.63) is 54.1 Å². The maximum atomic E-state index is 12.0. The zero-order chi connectivity index (χ0) is 18.4. The predicted octanol–water partition coefficient (Wildman–Crippen LogP) is 2.37. The van der Waals surface area contributed by atoms with Gasteiger partial charge in [-0.3, -0.25) is 4.79 Å². The summed E-state index contributed by atoms with van der Waals surface area (Å²) in [4.78, 5) is 27.0. The van der Waals surface area contributed by atoms with Crippen molar-refractivity contribution in [1.82, 2.24) is 20.2 Å². The molecule has 1 aliphatic rings. The van der Waals surface area contributed by atoms with Gasteiger partial charge in [-0.25, -0.2) is 9.78 Å². The van der Waals surface area contributed by atoms with Crippen LogP contribution in [0.2, 0.25) is 0 Å². The molecule has 1 saturated carbocycles. The molecule has 0 aliphatic heterocycles. The highest BCUT2D eigenvalue weighted by Crippen LogP contribution is 2.24. The fraction of sp³-hybridized carbons (Fsp3) is 0.421. The van der Waals surface area contributed by atoms with Crippen molar-refractivity contribution in [2.75, 3.05) is 0 Å². The second-order valence-electron chi connectivity index (χ2n) is 6.77. The highest BCUT2D eigenvalue weighted by atomic mass is 16.4. The molecule has 7 nitrogen and oxygen atoms in total. The number of carboxylic acids is 1. The minimum Gasteiger partial charge on any atom is -0.481 e. The maximum Gasteiger partial charge on any atom is 0.315 e. The zero-order valence-corrected chi connectivity index (χ0v) is 14.6. The molecule has 0 spiro atoms. The maximum absolute atomic E-state index is 12.0. The van der Waals surface area contributed by atoms with Gasteiger partial charge in [-0.05, 0) is 36.8 Å². The lowest BCUT2D eigenvalue weighted by Crippen LogP contribution is -2.43. The molecule has 0 bridgehead atoms. The number of amides is 2. The Morgan fingerprint density at radius 3 is 2.42 bits per heavy atom. The summed E-state index contributed by atoms with van der Waals surface area (Å²) < 4.78 is 2.00. The van der Waals surface area contributed by atoms with Crippen LogP contribution >= 0.6 is 0 Å². The number of nitrogens with zero attached hydrogens (tertiary/aromatic N) is 2. The van der Waals surface area contributed by atoms with Crippen LogP contribution in [-0.4, -0.2) is 32.7 Å². The number of aliphatic carboxylic acids is 1. The van der Waals surface area contributed by atoms with E-state index in [9.17, 15) is 9.59 Å². The second kappa shape index (κ2) is 8.51. The predicted molar refractivity (Wildman–Crippen MR) is 96.5 cm³/mol. The van der Waals surface area contributed by atoms with Crippen LogP contribution in [0.3, 0.4) is 0 Å². The Morgan fingerprint density at radius 2 is 1.81 bits per heavy atom. The van der Waals surface area contributed by atoms with Crippen molar-refractivity contribution in [2.24, 2.45) is 5.92 Å². The van der Waals surface area contributed by atoms with Gasteiger partial charge in [-0.2, -0.15) is 0 Å². The molecule has 3 N–H and O–H groups in total. The molecule has 1 aromatic heterocycles. The molecule has 0 saturated heterocycles. The first-order valence-electron chi connectivity index (χ1n) is 8.91. The van der Waals surface area contributed by atoms with Crippen molar-refractivity contribution in [1.29, 1.82) is 0 Å². The van der Waals surface area contributed by atoms with Gasteiger partial charge in [-0.1, -0.05) is 24.3 Å². The monoisotopic (exact) mass is 356 g/mol. The van der Waals surface area contributed by atoms with E-state index in [1.54, 1.807) is 12.5 Å². The minimum absolute atomic E-state index is 0.0585. The Kier molecular flexibility index (Phi) is 5.88. The summed E-state index contributed by atoms with van der Waals surface area (Å²) in [5.41, 5.74) is 2.20. The molecule has 1 heterocycles. The molecular weight excluding hydrogens is 332 g/mol. The Hall–Kier alpha value is -2.83. The Labute approximate surface area is 152 Å². The van der Waals surface area contributed by atoms with Gasteiger partial charge in [0.2, 0.25) is 0 Å². The summed E-state index contributed by atoms with van der Waals surface area (Å²) in [7, 11) is 0. The third-order valence-corrected chi connectivity index (χ3v) is 4.81. The molecule has 7 heteroatoms. The number of aromatic nitrogens is 2. The topological polar surface area (TPSA) is 96.3 Å². The number of urea groups is 1. The molecule has 1 fully saturated rings. The Balaban J connectivity index is 1.40. The van der Waals surface area contributed by atoms with Crippen LogP contribution in [0.4, 0.5) is 4.79 Å². The SMILES string of the molecule is O=C(NCc1ccc(Cn2ccnc2)cc1)NC1CCC(C(=O)O)CC1. The van der Waals surface area contributed by atoms with Crippen LogP contribution in [0.25, 0.3) is 0 Å². The van der Waals surface area contributed by atoms with Crippen molar-refractivity contribution >= 4 is 12.0 Å². The normalized spacial score (nSPS) is 19.7. The molecule has 3 rings (SSSR count). The molecular formula is C19H24N4O3. The van der Waals surface area contributed by atoms with Crippen molar-refractivity contribution in [3.63, 3.8) is 0 Å². The number of rotatable bonds is 6. The first kappa shape index (κ1) is 18.0. The van der Waals surface area contributed by atoms with Crippen LogP contribution in [0, 0.1) is 5.92 Å². The lowest BCUT2D eigenvalue weighted by atomic mass is 9.86. The van der Waals surface area contributed by atoms with E-state index in [1.165, 1.54) is 5.56 Å². The summed E-state index contributed by atoms with van der Waals surface area (Å²) in [6, 6.07) is 7.95. The van der Waals surface area contributed by atoms with E-state index in [4.69, 9.17) is 5.11 Å². The molecule has 138 valence electrons. The fourth-order valence-electron chi connectivity index (χ4n) is 3.26. The first-order valence-corrected chi connectivity index (χ1v) is 8.91. The van der Waals surface area contributed by atoms with E-state index >= 15 is 0 Å². The Morgan fingerprint density at radius 1 is 1.12 bits per heavy atom. The standard InChI is InChI=1S/C19H24N4O3/c24-18(25)16-5-7-17(8-6-16)22-19(26)21-11-14-1-3-15(4-2-14)12-23-10-9-20-13-23/h1-4,9-10,13,16-17H,5-8,11-12H2,(H,24,25)(H2,21,22,26). The number of carbonyl (C=O) groups excluding carboxylic acids is 1. The third kappa shape index (κ3) is 5.08. The summed E-state index contributed by atoms with van der Waals surface area (Å²) in [6.07, 6.45) is 8.14. The highest BCUT2D eigenvalue weighted by Gasteiger charge is 2.26. The van der Waals surface area contributed by atoms with E-state index in [0.717, 1.165) is 12.1 Å². The summed E-state index contributed by atoms with van der Waals surface area (Å²) in [5.74, 6) is -0.999. The number of hydrogen-bond acceptors (Lipinski definition) is 3. The largest absolute Gasteiger partial charge is 0.481 e. The van der Waals surface area contributed by atoms with Gasteiger partial charge in [0.15, 0.2) is 0 Å². The number of imidazole rings is 1. The van der Waals surface area contributed by atoms with Crippen LogP contribution in [0.15, 0.2) is 43.0 Å². The van der Waals surface area contributed by atoms with Crippen LogP contribution < -0.4 is 10.6 Å². The van der Waals surface area contributed by atoms with Gasteiger partial charge in [0.05, 0.1) is 12.2 Å². The average molecular weight is 356 g/mol. The van der Waals surface area contributed by atoms with Crippen LogP contribution in [-0.2, 0) is 17.9 Å². The van der Waals surface area contributed by atoms with E-state index in [1.807, 2.05) is 35.0 Å². The smallest absolute Gasteiger partial charge is 0.315 e. The average Bonchev–Trinajstić information content (AvgIpc) is 3.15. The molecule has 0 unspecified atom stereocenters. The van der Waals surface area contributed by atoms with Gasteiger partial charge in [0, 0.05) is 31.5 Å². The summed E-state index contributed by atoms with van der Waals surface area (Å²) >= 11 is 0. The number of nitrogens with one attached hydrogen (secondary N) is 2. The second-order valence-corrected chi connectivity index (χ2v) is 6.77. The molecule has 2 amide bonds. The van der Waals surface area contributed by atoms with Crippen LogP contribution in [0.1, 0.15) is 36.8 Å². The van der Waals surface area contributed by atoms with Crippen molar-refractivity contribution in [3.8, 4) is 0 Å². The van der Waals surface area contributed by atoms with E-state index in [2.05, 4.69) is 15.6 Å². The number of benzene rings is 1. The fourth-order valence-corrected chi connectivity index (χ4v) is 3.26. The molecule has 1 aliphatic carbocycles. The van der Waals surface area contributed by atoms with Gasteiger partial charge < -0.3 is 20.3 Å². The number of carbonyl (C=O) groups is 2. The van der Waals surface area contributed by atoms with Gasteiger partial charge >= 0.3 is 12.0 Å². The quantitative estimate of drug-likeness (QED) is 0.740. The molecule has 0 radical (unpaired) electrons. The van der Waals surface area contributed by atoms with Crippen LogP contribution in [0.5, 0.6) is 0 Å². The first-order chi connectivity index (χ1) is 12.6. The molecule has 26 heavy (non-hydrogen) atoms. The lowest BCUT2D eigenvalue weighted by molar-refractivity contribution is -0.142. The number of carboxylic acid groups (broad SMARTS) is 1. The summed E-state index contributed by atoms with van der Waals surface area (Å²) in [6.45, 7) is 1.23. The molecule has 0 atom stereocenters. The summed E-state index contributed by atoms with van der Waals surface area (Å²) in [5, 5.41) is 14.8. The minimum atomic E-state index is -0.732. The van der Waals surface area contributed by atoms with Gasteiger partial charge in [-0.15, -0.1) is 0 Å². The number of hydrogen-bond donors (Lipinski definition) is 3. The van der Waals surface area contributed by atoms with E-state index in [-0.39, 0.29) is 18.0 Å². The van der Waals surface area contributed by atoms with E-state index < -0.39 is 5.97 Å². The highest BCUT2D eigenvalue weighted by molar-refractivity contribution is 5.74. The lowest BCUT2D eigenvalue weighted by Gasteiger charge is -2.26. The van der Waals surface area contributed by atoms with E-state index in [0.29, 0.717) is 32.2 Å². The molecule has 1 aromatic carbocycles. The van der Waals surface area contributed by atoms with Crippen molar-refractivity contribution < 1.29 is 14.7 Å². The third-order valence-electron chi connectivity index (χ3n) is 4.81. The molecule has 2 aromatic rings. The van der Waals surface area contributed by atoms with Gasteiger partial charge in [0.1, 0.15) is 0 Å².